The van der Waals surface area contributed by atoms with Gasteiger partial charge in [0.15, 0.2) is 0 Å². The molecule has 1 aromatic heterocycles. The van der Waals surface area contributed by atoms with Crippen LogP contribution in [0, 0.1) is 0 Å². The van der Waals surface area contributed by atoms with Crippen molar-refractivity contribution in [3.8, 4) is 0 Å². The number of rotatable bonds is 4. The molecule has 0 radical (unpaired) electrons. The first-order valence-electron chi connectivity index (χ1n) is 7.95. The fourth-order valence-corrected chi connectivity index (χ4v) is 3.00. The van der Waals surface area contributed by atoms with Crippen LogP contribution in [-0.2, 0) is 11.8 Å². The number of nitrogens with zero attached hydrogens (tertiary/aromatic N) is 2. The number of hydrogen-bond acceptors (Lipinski definition) is 3. The molecule has 0 bridgehead atoms. The highest BCUT2D eigenvalue weighted by atomic mass is 35.5. The van der Waals surface area contributed by atoms with Crippen molar-refractivity contribution < 1.29 is 9.53 Å². The maximum Gasteiger partial charge on any atom is 0.315 e. The molecule has 0 aliphatic carbocycles. The number of benzene rings is 1. The van der Waals surface area contributed by atoms with Crippen LogP contribution in [0.1, 0.15) is 36.6 Å². The number of carbonyl (C=O) groups excluding carboxylic acids is 1. The van der Waals surface area contributed by atoms with Crippen LogP contribution < -0.4 is 10.6 Å². The molecule has 2 aromatic rings. The minimum atomic E-state index is -0.208. The van der Waals surface area contributed by atoms with Gasteiger partial charge in [0.25, 0.3) is 0 Å². The van der Waals surface area contributed by atoms with Crippen molar-refractivity contribution >= 4 is 17.6 Å². The summed E-state index contributed by atoms with van der Waals surface area (Å²) in [6, 6.07) is 7.15. The Labute approximate surface area is 146 Å². The quantitative estimate of drug-likeness (QED) is 0.892. The van der Waals surface area contributed by atoms with Crippen molar-refractivity contribution in [1.82, 2.24) is 20.4 Å². The molecular weight excluding hydrogens is 328 g/mol. The lowest BCUT2D eigenvalue weighted by molar-refractivity contribution is 0.0998. The van der Waals surface area contributed by atoms with Crippen molar-refractivity contribution in [2.75, 3.05) is 6.61 Å². The first-order chi connectivity index (χ1) is 11.5. The topological polar surface area (TPSA) is 68.2 Å². The fraction of sp³-hybridized carbons (Fsp3) is 0.412. The zero-order valence-corrected chi connectivity index (χ0v) is 14.5. The smallest absolute Gasteiger partial charge is 0.315 e. The first kappa shape index (κ1) is 16.8. The lowest BCUT2D eigenvalue weighted by atomic mass is 10.0. The first-order valence-corrected chi connectivity index (χ1v) is 8.33. The van der Waals surface area contributed by atoms with Gasteiger partial charge in [-0.2, -0.15) is 5.10 Å². The molecule has 1 aromatic carbocycles. The molecule has 1 aliphatic heterocycles. The molecule has 24 heavy (non-hydrogen) atoms. The highest BCUT2D eigenvalue weighted by Gasteiger charge is 2.31. The summed E-state index contributed by atoms with van der Waals surface area (Å²) >= 11 is 5.93. The number of carbonyl (C=O) groups is 1. The molecule has 3 atom stereocenters. The van der Waals surface area contributed by atoms with E-state index in [9.17, 15) is 4.79 Å². The summed E-state index contributed by atoms with van der Waals surface area (Å²) in [4.78, 5) is 12.3. The van der Waals surface area contributed by atoms with E-state index in [4.69, 9.17) is 16.3 Å². The van der Waals surface area contributed by atoms with Gasteiger partial charge < -0.3 is 15.4 Å². The summed E-state index contributed by atoms with van der Waals surface area (Å²) in [5, 5.41) is 10.8. The van der Waals surface area contributed by atoms with Crippen LogP contribution in [0.2, 0.25) is 5.02 Å². The summed E-state index contributed by atoms with van der Waals surface area (Å²) in [7, 11) is 1.85. The second-order valence-electron chi connectivity index (χ2n) is 6.02. The van der Waals surface area contributed by atoms with Crippen molar-refractivity contribution in [1.29, 1.82) is 0 Å². The molecule has 7 heteroatoms. The number of nitrogens with one attached hydrogen (secondary N) is 2. The molecule has 3 rings (SSSR count). The van der Waals surface area contributed by atoms with Gasteiger partial charge >= 0.3 is 6.03 Å². The van der Waals surface area contributed by atoms with Gasteiger partial charge in [0.05, 0.1) is 18.3 Å². The molecule has 2 heterocycles. The number of aromatic nitrogens is 2. The predicted octanol–water partition coefficient (Wildman–Crippen LogP) is 2.96. The standard InChI is InChI=1S/C17H21ClN4O2/c1-11(13-9-19-22(2)10-13)20-17(23)21-15-7-8-24-16(15)12-3-5-14(18)6-4-12/h3-6,9-11,15-16H,7-8H2,1-2H3,(H2,20,21,23). The van der Waals surface area contributed by atoms with E-state index in [2.05, 4.69) is 15.7 Å². The molecule has 1 saturated heterocycles. The monoisotopic (exact) mass is 348 g/mol. The fourth-order valence-electron chi connectivity index (χ4n) is 2.87. The van der Waals surface area contributed by atoms with Crippen molar-refractivity contribution in [3.05, 3.63) is 52.8 Å². The third-order valence-electron chi connectivity index (χ3n) is 4.18. The van der Waals surface area contributed by atoms with Gasteiger partial charge in [-0.15, -0.1) is 0 Å². The molecular formula is C17H21ClN4O2. The average Bonchev–Trinajstić information content (AvgIpc) is 3.17. The predicted molar refractivity (Wildman–Crippen MR) is 91.8 cm³/mol. The van der Waals surface area contributed by atoms with Gasteiger partial charge in [0, 0.05) is 30.4 Å². The van der Waals surface area contributed by atoms with Crippen LogP contribution in [0.25, 0.3) is 0 Å². The van der Waals surface area contributed by atoms with E-state index in [0.717, 1.165) is 17.5 Å². The number of ether oxygens (including phenoxy) is 1. The Morgan fingerprint density at radius 1 is 1.42 bits per heavy atom. The van der Waals surface area contributed by atoms with Gasteiger partial charge in [0.1, 0.15) is 6.10 Å². The summed E-state index contributed by atoms with van der Waals surface area (Å²) in [6.45, 7) is 2.55. The summed E-state index contributed by atoms with van der Waals surface area (Å²) in [5.74, 6) is 0. The maximum atomic E-state index is 12.3. The van der Waals surface area contributed by atoms with Gasteiger partial charge in [-0.05, 0) is 31.0 Å². The lowest BCUT2D eigenvalue weighted by Gasteiger charge is -2.22. The highest BCUT2D eigenvalue weighted by Crippen LogP contribution is 2.30. The molecule has 2 amide bonds. The van der Waals surface area contributed by atoms with E-state index in [1.807, 2.05) is 44.4 Å². The highest BCUT2D eigenvalue weighted by molar-refractivity contribution is 6.30. The molecule has 3 unspecified atom stereocenters. The lowest BCUT2D eigenvalue weighted by Crippen LogP contribution is -2.44. The second kappa shape index (κ2) is 7.23. The number of hydrogen-bond donors (Lipinski definition) is 2. The molecule has 0 saturated carbocycles. The Kier molecular flexibility index (Phi) is 5.06. The van der Waals surface area contributed by atoms with Gasteiger partial charge in [-0.1, -0.05) is 23.7 Å². The van der Waals surface area contributed by atoms with E-state index in [0.29, 0.717) is 11.6 Å². The van der Waals surface area contributed by atoms with Gasteiger partial charge in [-0.25, -0.2) is 4.79 Å². The van der Waals surface area contributed by atoms with Crippen molar-refractivity contribution in [2.24, 2.45) is 7.05 Å². The molecule has 6 nitrogen and oxygen atoms in total. The maximum absolute atomic E-state index is 12.3. The van der Waals surface area contributed by atoms with Gasteiger partial charge in [-0.3, -0.25) is 4.68 Å². The minimum Gasteiger partial charge on any atom is -0.371 e. The number of halogens is 1. The van der Waals surface area contributed by atoms with E-state index >= 15 is 0 Å². The van der Waals surface area contributed by atoms with Crippen LogP contribution >= 0.6 is 11.6 Å². The Bertz CT molecular complexity index is 701. The zero-order valence-electron chi connectivity index (χ0n) is 13.7. The second-order valence-corrected chi connectivity index (χ2v) is 6.46. The third kappa shape index (κ3) is 3.88. The summed E-state index contributed by atoms with van der Waals surface area (Å²) < 4.78 is 7.50. The summed E-state index contributed by atoms with van der Waals surface area (Å²) in [6.07, 6.45) is 4.27. The van der Waals surface area contributed by atoms with E-state index < -0.39 is 0 Å². The summed E-state index contributed by atoms with van der Waals surface area (Å²) in [5.41, 5.74) is 1.98. The number of amides is 2. The van der Waals surface area contributed by atoms with Gasteiger partial charge in [0.2, 0.25) is 0 Å². The van der Waals surface area contributed by atoms with Crippen LogP contribution in [0.15, 0.2) is 36.7 Å². The van der Waals surface area contributed by atoms with Crippen LogP contribution in [-0.4, -0.2) is 28.5 Å². The Morgan fingerprint density at radius 3 is 2.83 bits per heavy atom. The third-order valence-corrected chi connectivity index (χ3v) is 4.43. The SMILES string of the molecule is CC(NC(=O)NC1CCOC1c1ccc(Cl)cc1)c1cnn(C)c1. The normalized spacial score (nSPS) is 21.5. The number of urea groups is 1. The van der Waals surface area contributed by atoms with E-state index in [1.165, 1.54) is 0 Å². The van der Waals surface area contributed by atoms with E-state index in [1.54, 1.807) is 10.9 Å². The average molecular weight is 349 g/mol. The Balaban J connectivity index is 1.59. The van der Waals surface area contributed by atoms with Crippen LogP contribution in [0.4, 0.5) is 4.79 Å². The molecule has 2 N–H and O–H groups in total. The van der Waals surface area contributed by atoms with E-state index in [-0.39, 0.29) is 24.2 Å². The molecule has 1 aliphatic rings. The van der Waals surface area contributed by atoms with Crippen LogP contribution in [0.3, 0.4) is 0 Å². The molecule has 128 valence electrons. The van der Waals surface area contributed by atoms with Crippen molar-refractivity contribution in [2.45, 2.75) is 31.5 Å². The Morgan fingerprint density at radius 2 is 2.17 bits per heavy atom. The van der Waals surface area contributed by atoms with Crippen LogP contribution in [0.5, 0.6) is 0 Å². The minimum absolute atomic E-state index is 0.0627. The largest absolute Gasteiger partial charge is 0.371 e. The number of aryl methyl sites for hydroxylation is 1. The molecule has 0 spiro atoms. The molecule has 1 fully saturated rings. The Hall–Kier alpha value is -2.05. The zero-order chi connectivity index (χ0) is 17.1. The van der Waals surface area contributed by atoms with Crippen molar-refractivity contribution in [3.63, 3.8) is 0 Å².